The van der Waals surface area contributed by atoms with Crippen LogP contribution in [0.5, 0.6) is 0 Å². The maximum atomic E-state index is 8.27. The van der Waals surface area contributed by atoms with E-state index in [4.69, 9.17) is 49.4 Å². The minimum Gasteiger partial charge on any atom is -0.373 e. The van der Waals surface area contributed by atoms with Gasteiger partial charge in [-0.05, 0) is 76.0 Å². The molecule has 79 heavy (non-hydrogen) atoms. The summed E-state index contributed by atoms with van der Waals surface area (Å²) in [7, 11) is -35.0. The van der Waals surface area contributed by atoms with Gasteiger partial charge in [0.05, 0.1) is 0 Å². The number of rotatable bonds is 26. The molecule has 6 aliphatic heterocycles. The summed E-state index contributed by atoms with van der Waals surface area (Å²) in [6.07, 6.45) is 8.81. The highest BCUT2D eigenvalue weighted by Gasteiger charge is 2.83. The molecule has 0 spiro atoms. The first-order chi connectivity index (χ1) is 37.3. The van der Waals surface area contributed by atoms with Crippen molar-refractivity contribution < 1.29 is 49.4 Å². The lowest BCUT2D eigenvalue weighted by molar-refractivity contribution is -0.0341. The predicted octanol–water partition coefficient (Wildman–Crippen LogP) is 14.5. The first kappa shape index (κ1) is 64.0. The number of allylic oxidation sites excluding steroid dienone is 5. The zero-order chi connectivity index (χ0) is 57.1. The number of hydrogen-bond acceptors (Lipinski definition) is 13. The normalized spacial score (nSPS) is 32.3. The Bertz CT molecular complexity index is 2350. The van der Waals surface area contributed by atoms with Gasteiger partial charge in [-0.3, -0.25) is 0 Å². The summed E-state index contributed by atoms with van der Waals surface area (Å²) >= 11 is 0. The molecule has 9 rings (SSSR count). The van der Waals surface area contributed by atoms with Crippen molar-refractivity contribution in [3.63, 3.8) is 0 Å². The van der Waals surface area contributed by atoms with Crippen LogP contribution in [0.25, 0.3) is 0 Å². The average molecular weight is 1260 g/mol. The van der Waals surface area contributed by atoms with Crippen LogP contribution in [-0.2, 0) is 49.4 Å². The van der Waals surface area contributed by atoms with Crippen LogP contribution in [-0.4, -0.2) is 81.4 Å². The third-order valence-electron chi connectivity index (χ3n) is 13.6. The molecule has 23 heteroatoms. The Balaban J connectivity index is 1.40. The molecule has 0 radical (unpaired) electrons. The fourth-order valence-corrected chi connectivity index (χ4v) is 69.4. The van der Waals surface area contributed by atoms with E-state index < -0.39 is 86.6 Å². The Hall–Kier alpha value is -1.04. The van der Waals surface area contributed by atoms with Crippen LogP contribution in [0.3, 0.4) is 0 Å². The molecule has 436 valence electrons. The molecule has 1 unspecified atom stereocenters. The number of benzene rings is 3. The highest BCUT2D eigenvalue weighted by molar-refractivity contribution is 7.83. The van der Waals surface area contributed by atoms with Gasteiger partial charge in [-0.15, -0.1) is 0 Å². The molecule has 0 N–H and O–H groups in total. The summed E-state index contributed by atoms with van der Waals surface area (Å²) in [5.74, 6) is 0.532. The van der Waals surface area contributed by atoms with Gasteiger partial charge < -0.3 is 49.4 Å². The zero-order valence-electron chi connectivity index (χ0n) is 50.0. The van der Waals surface area contributed by atoms with E-state index in [2.05, 4.69) is 218 Å². The SMILES string of the molecule is C=C/C=C\C=C(/C)P(c1ccccc1)N(CCC[Si]12O[Si]3(CC(C)C)O[Si]4(CC(C)C)O[Si](CC(C)C)(O1)O[Si]1(CC(C)C)O[Si](CC(C)C)(O2)O[Si](CC(C)C)(O3)O[Si](CC(C)C)(O4)O1)P(c1ccccc1)c1ccccc1. The van der Waals surface area contributed by atoms with Crippen LogP contribution in [0.1, 0.15) is 110 Å². The lowest BCUT2D eigenvalue weighted by Gasteiger charge is -2.64. The molecular formula is C56H93NO12P2Si8. The highest BCUT2D eigenvalue weighted by atomic mass is 31.2. The Morgan fingerprint density at radius 1 is 0.405 bits per heavy atom. The lowest BCUT2D eigenvalue weighted by Crippen LogP contribution is -2.88. The van der Waals surface area contributed by atoms with Crippen molar-refractivity contribution in [2.75, 3.05) is 6.54 Å². The maximum absolute atomic E-state index is 8.27. The molecule has 1 atom stereocenters. The summed E-state index contributed by atoms with van der Waals surface area (Å²) in [6, 6.07) is 36.6. The summed E-state index contributed by atoms with van der Waals surface area (Å²) in [5, 5.41) is 5.04. The standard InChI is InChI=1S/C56H93NO12P2Si8/c1-17-18-22-30-53(16)70(54-31-23-19-24-32-54)57(71(55-33-25-20-26-34-55)56-35-27-21-28-36-56)37-29-38-72-58-73(39-46(2)3)61-76(42-49(8)9)63-74(59-72,40-47(4)5)65-78(44-51(12)13)66-75(60-72,41-48(6)7)64-77(62-73,43-50(10)11)68-79(67-76,69-78)45-52(14)15/h17-28,30-36,46-52H,1,29,37-45H2,2-16H3/b22-18-,53-30+. The fourth-order valence-electron chi connectivity index (χ4n) is 11.6. The van der Waals surface area contributed by atoms with Crippen molar-refractivity contribution in [2.45, 2.75) is 159 Å². The molecule has 0 aromatic heterocycles. The molecule has 0 saturated carbocycles. The zero-order valence-corrected chi connectivity index (χ0v) is 59.8. The first-order valence-corrected chi connectivity index (χ1v) is 47.3. The topological polar surface area (TPSA) is 114 Å². The Morgan fingerprint density at radius 2 is 0.671 bits per heavy atom. The summed E-state index contributed by atoms with van der Waals surface area (Å²) < 4.78 is 100. The molecule has 6 fully saturated rings. The summed E-state index contributed by atoms with van der Waals surface area (Å²) in [5.41, 5.74) is 0. The van der Waals surface area contributed by atoms with E-state index in [1.807, 2.05) is 12.2 Å². The third kappa shape index (κ3) is 15.7. The van der Waals surface area contributed by atoms with Gasteiger partial charge in [0.1, 0.15) is 0 Å². The van der Waals surface area contributed by atoms with Crippen LogP contribution in [0.4, 0.5) is 0 Å². The van der Waals surface area contributed by atoms with Crippen LogP contribution >= 0.6 is 16.1 Å². The molecule has 13 nitrogen and oxygen atoms in total. The van der Waals surface area contributed by atoms with E-state index in [0.29, 0.717) is 61.3 Å². The van der Waals surface area contributed by atoms with Gasteiger partial charge in [0.2, 0.25) is 0 Å². The predicted molar refractivity (Wildman–Crippen MR) is 338 cm³/mol. The van der Waals surface area contributed by atoms with E-state index in [-0.39, 0.29) is 41.4 Å². The third-order valence-corrected chi connectivity index (χ3v) is 59.2. The van der Waals surface area contributed by atoms with Gasteiger partial charge >= 0.3 is 70.4 Å². The Kier molecular flexibility index (Phi) is 21.3. The van der Waals surface area contributed by atoms with Crippen molar-refractivity contribution in [1.29, 1.82) is 0 Å². The van der Waals surface area contributed by atoms with E-state index in [1.54, 1.807) is 0 Å². The van der Waals surface area contributed by atoms with Crippen LogP contribution in [0, 0.1) is 41.4 Å². The largest absolute Gasteiger partial charge is 0.479 e. The van der Waals surface area contributed by atoms with Crippen molar-refractivity contribution in [1.82, 2.24) is 4.44 Å². The first-order valence-electron chi connectivity index (χ1n) is 29.2. The minimum atomic E-state index is -4.27. The maximum Gasteiger partial charge on any atom is 0.479 e. The lowest BCUT2D eigenvalue weighted by atomic mass is 10.3. The van der Waals surface area contributed by atoms with Crippen LogP contribution in [0.15, 0.2) is 127 Å². The smallest absolute Gasteiger partial charge is 0.373 e. The quantitative estimate of drug-likeness (QED) is 0.0432. The Morgan fingerprint density at radius 3 is 0.937 bits per heavy atom. The molecule has 6 saturated heterocycles. The average Bonchev–Trinajstić information content (AvgIpc) is 3.35. The van der Waals surface area contributed by atoms with Crippen LogP contribution in [0.2, 0.25) is 48.4 Å². The van der Waals surface area contributed by atoms with Crippen molar-refractivity contribution in [3.8, 4) is 0 Å². The molecule has 6 heterocycles. The monoisotopic (exact) mass is 1260 g/mol. The molecule has 8 bridgehead atoms. The van der Waals surface area contributed by atoms with Gasteiger partial charge in [-0.25, -0.2) is 4.44 Å². The van der Waals surface area contributed by atoms with Gasteiger partial charge in [-0.1, -0.05) is 219 Å². The summed E-state index contributed by atoms with van der Waals surface area (Å²) in [6.45, 7) is 37.7. The van der Waals surface area contributed by atoms with Gasteiger partial charge in [0.15, 0.2) is 0 Å². The van der Waals surface area contributed by atoms with E-state index in [1.165, 1.54) is 21.2 Å². The second kappa shape index (κ2) is 26.3. The van der Waals surface area contributed by atoms with Gasteiger partial charge in [-0.2, -0.15) is 0 Å². The molecule has 0 aliphatic carbocycles. The van der Waals surface area contributed by atoms with E-state index >= 15 is 0 Å². The van der Waals surface area contributed by atoms with Gasteiger partial charge in [0, 0.05) is 71.0 Å². The van der Waals surface area contributed by atoms with Crippen molar-refractivity contribution in [2.24, 2.45) is 41.4 Å². The molecule has 6 aliphatic rings. The highest BCUT2D eigenvalue weighted by Crippen LogP contribution is 2.61. The number of hydrogen-bond donors (Lipinski definition) is 0. The van der Waals surface area contributed by atoms with Gasteiger partial charge in [0.25, 0.3) is 0 Å². The molecule has 3 aromatic rings. The second-order valence-corrected chi connectivity index (χ2v) is 54.0. The minimum absolute atomic E-state index is 0.0620. The van der Waals surface area contributed by atoms with Crippen LogP contribution < -0.4 is 15.9 Å². The van der Waals surface area contributed by atoms with E-state index in [9.17, 15) is 0 Å². The number of nitrogens with zero attached hydrogens (tertiary/aromatic N) is 1. The van der Waals surface area contributed by atoms with E-state index in [0.717, 1.165) is 0 Å². The Labute approximate surface area is 487 Å². The van der Waals surface area contributed by atoms with Crippen molar-refractivity contribution in [3.05, 3.63) is 127 Å². The second-order valence-electron chi connectivity index (χ2n) is 25.1. The fraction of sp³-hybridized carbons (Fsp3) is 0.571. The molecule has 0 amide bonds. The van der Waals surface area contributed by atoms with Crippen molar-refractivity contribution >= 4 is 102 Å². The molecular weight excluding hydrogens is 1170 g/mol. The summed E-state index contributed by atoms with van der Waals surface area (Å²) in [4.78, 5) is 0. The molecule has 3 aromatic carbocycles.